The summed E-state index contributed by atoms with van der Waals surface area (Å²) in [6.07, 6.45) is 1.88. The van der Waals surface area contributed by atoms with Crippen LogP contribution < -0.4 is 5.32 Å². The van der Waals surface area contributed by atoms with Gasteiger partial charge in [0.05, 0.1) is 0 Å². The van der Waals surface area contributed by atoms with Gasteiger partial charge >= 0.3 is 0 Å². The van der Waals surface area contributed by atoms with Gasteiger partial charge < -0.3 is 10.4 Å². The van der Waals surface area contributed by atoms with E-state index in [1.165, 1.54) is 0 Å². The number of aryl methyl sites for hydroxylation is 1. The minimum atomic E-state index is 0.308. The van der Waals surface area contributed by atoms with Gasteiger partial charge in [-0.1, -0.05) is 30.3 Å². The predicted molar refractivity (Wildman–Crippen MR) is 81.9 cm³/mol. The molecule has 0 radical (unpaired) electrons. The molecule has 0 atom stereocenters. The molecule has 3 heteroatoms. The Labute approximate surface area is 117 Å². The molecule has 0 fully saturated rings. The van der Waals surface area contributed by atoms with Crippen LogP contribution >= 0.6 is 0 Å². The van der Waals surface area contributed by atoms with Gasteiger partial charge in [-0.15, -0.1) is 0 Å². The lowest BCUT2D eigenvalue weighted by Gasteiger charge is -2.10. The van der Waals surface area contributed by atoms with Crippen molar-refractivity contribution < 1.29 is 5.11 Å². The van der Waals surface area contributed by atoms with Gasteiger partial charge in [-0.25, -0.2) is 0 Å². The van der Waals surface area contributed by atoms with Crippen molar-refractivity contribution in [2.75, 3.05) is 5.32 Å². The van der Waals surface area contributed by atoms with Crippen molar-refractivity contribution in [3.8, 4) is 5.75 Å². The first-order valence-corrected chi connectivity index (χ1v) is 6.60. The largest absolute Gasteiger partial charge is 0.507 e. The van der Waals surface area contributed by atoms with Crippen molar-refractivity contribution in [2.24, 2.45) is 0 Å². The third-order valence-corrected chi connectivity index (χ3v) is 3.35. The number of nitrogens with one attached hydrogen (secondary N) is 1. The van der Waals surface area contributed by atoms with Crippen molar-refractivity contribution in [3.05, 3.63) is 66.0 Å². The smallest absolute Gasteiger partial charge is 0.123 e. The molecule has 2 aromatic carbocycles. The van der Waals surface area contributed by atoms with E-state index in [1.807, 2.05) is 49.5 Å². The molecule has 1 aromatic heterocycles. The standard InChI is InChI=1S/C17H16N2O/c1-12-8-9-13(10-18-12)11-19-16-6-2-5-15-14(16)4-3-7-17(15)20/h2-10,19-20H,11H2,1H3. The maximum absolute atomic E-state index is 9.87. The third kappa shape index (κ3) is 2.43. The van der Waals surface area contributed by atoms with E-state index in [4.69, 9.17) is 0 Å². The second-order valence-electron chi connectivity index (χ2n) is 4.84. The van der Waals surface area contributed by atoms with Crippen LogP contribution in [0.5, 0.6) is 5.75 Å². The summed E-state index contributed by atoms with van der Waals surface area (Å²) in [7, 11) is 0. The fraction of sp³-hybridized carbons (Fsp3) is 0.118. The van der Waals surface area contributed by atoms with E-state index in [2.05, 4.69) is 16.4 Å². The van der Waals surface area contributed by atoms with E-state index < -0.39 is 0 Å². The van der Waals surface area contributed by atoms with Crippen molar-refractivity contribution in [3.63, 3.8) is 0 Å². The van der Waals surface area contributed by atoms with Crippen LogP contribution in [0.3, 0.4) is 0 Å². The van der Waals surface area contributed by atoms with Crippen LogP contribution in [0.2, 0.25) is 0 Å². The van der Waals surface area contributed by atoms with Gasteiger partial charge in [0.25, 0.3) is 0 Å². The van der Waals surface area contributed by atoms with Gasteiger partial charge in [0.2, 0.25) is 0 Å². The average molecular weight is 264 g/mol. The second kappa shape index (κ2) is 5.21. The topological polar surface area (TPSA) is 45.1 Å². The monoisotopic (exact) mass is 264 g/mol. The number of hydrogen-bond donors (Lipinski definition) is 2. The highest BCUT2D eigenvalue weighted by Crippen LogP contribution is 2.29. The Morgan fingerprint density at radius 2 is 1.80 bits per heavy atom. The zero-order valence-corrected chi connectivity index (χ0v) is 11.3. The molecule has 0 amide bonds. The lowest BCUT2D eigenvalue weighted by molar-refractivity contribution is 0.481. The molecule has 3 aromatic rings. The van der Waals surface area contributed by atoms with Gasteiger partial charge in [0, 0.05) is 34.9 Å². The van der Waals surface area contributed by atoms with Gasteiger partial charge in [0.15, 0.2) is 0 Å². The van der Waals surface area contributed by atoms with Crippen LogP contribution in [-0.4, -0.2) is 10.1 Å². The molecule has 3 rings (SSSR count). The summed E-state index contributed by atoms with van der Waals surface area (Å²) in [5.74, 6) is 0.308. The van der Waals surface area contributed by atoms with Gasteiger partial charge in [-0.3, -0.25) is 4.98 Å². The SMILES string of the molecule is Cc1ccc(CNc2cccc3c(O)cccc23)cn1. The molecule has 0 spiro atoms. The quantitative estimate of drug-likeness (QED) is 0.755. The molecule has 1 heterocycles. The number of nitrogens with zero attached hydrogens (tertiary/aromatic N) is 1. The number of phenols is 1. The summed E-state index contributed by atoms with van der Waals surface area (Å²) in [5.41, 5.74) is 3.16. The number of pyridine rings is 1. The molecule has 0 bridgehead atoms. The van der Waals surface area contributed by atoms with Crippen molar-refractivity contribution >= 4 is 16.5 Å². The van der Waals surface area contributed by atoms with Gasteiger partial charge in [-0.2, -0.15) is 0 Å². The summed E-state index contributed by atoms with van der Waals surface area (Å²) in [4.78, 5) is 4.29. The summed E-state index contributed by atoms with van der Waals surface area (Å²) in [5, 5.41) is 15.2. The zero-order chi connectivity index (χ0) is 13.9. The third-order valence-electron chi connectivity index (χ3n) is 3.35. The normalized spacial score (nSPS) is 10.7. The summed E-state index contributed by atoms with van der Waals surface area (Å²) in [6.45, 7) is 2.69. The number of rotatable bonds is 3. The first-order chi connectivity index (χ1) is 9.74. The Morgan fingerprint density at radius 3 is 2.60 bits per heavy atom. The van der Waals surface area contributed by atoms with Crippen LogP contribution in [0.25, 0.3) is 10.8 Å². The fourth-order valence-corrected chi connectivity index (χ4v) is 2.25. The molecule has 2 N–H and O–H groups in total. The van der Waals surface area contributed by atoms with E-state index in [0.29, 0.717) is 12.3 Å². The van der Waals surface area contributed by atoms with E-state index in [1.54, 1.807) is 6.07 Å². The van der Waals surface area contributed by atoms with Gasteiger partial charge in [0.1, 0.15) is 5.75 Å². The minimum Gasteiger partial charge on any atom is -0.507 e. The number of benzene rings is 2. The van der Waals surface area contributed by atoms with Crippen LogP contribution in [-0.2, 0) is 6.54 Å². The molecule has 0 saturated heterocycles. The Hall–Kier alpha value is -2.55. The molecule has 20 heavy (non-hydrogen) atoms. The summed E-state index contributed by atoms with van der Waals surface area (Å²) < 4.78 is 0. The van der Waals surface area contributed by atoms with E-state index >= 15 is 0 Å². The second-order valence-corrected chi connectivity index (χ2v) is 4.84. The van der Waals surface area contributed by atoms with E-state index in [0.717, 1.165) is 27.7 Å². The maximum atomic E-state index is 9.87. The highest BCUT2D eigenvalue weighted by atomic mass is 16.3. The lowest BCUT2D eigenvalue weighted by Crippen LogP contribution is -2.00. The predicted octanol–water partition coefficient (Wildman–Crippen LogP) is 3.86. The number of anilines is 1. The Kier molecular flexibility index (Phi) is 3.25. The molecule has 0 aliphatic rings. The first-order valence-electron chi connectivity index (χ1n) is 6.60. The highest BCUT2D eigenvalue weighted by molar-refractivity contribution is 5.97. The number of phenolic OH excluding ortho intramolecular Hbond substituents is 1. The van der Waals surface area contributed by atoms with Gasteiger partial charge in [-0.05, 0) is 30.7 Å². The lowest BCUT2D eigenvalue weighted by atomic mass is 10.1. The molecule has 3 nitrogen and oxygen atoms in total. The number of hydrogen-bond acceptors (Lipinski definition) is 3. The molecule has 0 saturated carbocycles. The molecule has 0 unspecified atom stereocenters. The Bertz CT molecular complexity index is 736. The fourth-order valence-electron chi connectivity index (χ4n) is 2.25. The Morgan fingerprint density at radius 1 is 1.00 bits per heavy atom. The number of aromatic hydroxyl groups is 1. The number of aromatic nitrogens is 1. The Balaban J connectivity index is 1.88. The van der Waals surface area contributed by atoms with E-state index in [9.17, 15) is 5.11 Å². The van der Waals surface area contributed by atoms with Crippen LogP contribution in [0.15, 0.2) is 54.7 Å². The van der Waals surface area contributed by atoms with E-state index in [-0.39, 0.29) is 0 Å². The zero-order valence-electron chi connectivity index (χ0n) is 11.3. The summed E-state index contributed by atoms with van der Waals surface area (Å²) >= 11 is 0. The van der Waals surface area contributed by atoms with Crippen LogP contribution in [0, 0.1) is 6.92 Å². The van der Waals surface area contributed by atoms with Crippen molar-refractivity contribution in [1.82, 2.24) is 4.98 Å². The van der Waals surface area contributed by atoms with Crippen molar-refractivity contribution in [1.29, 1.82) is 0 Å². The summed E-state index contributed by atoms with van der Waals surface area (Å²) in [6, 6.07) is 15.5. The minimum absolute atomic E-state index is 0.308. The highest BCUT2D eigenvalue weighted by Gasteiger charge is 2.03. The molecular formula is C17H16N2O. The number of fused-ring (bicyclic) bond motifs is 1. The molecule has 0 aliphatic heterocycles. The first kappa shape index (κ1) is 12.5. The molecule has 0 aliphatic carbocycles. The van der Waals surface area contributed by atoms with Crippen LogP contribution in [0.1, 0.15) is 11.3 Å². The molecule has 100 valence electrons. The van der Waals surface area contributed by atoms with Crippen LogP contribution in [0.4, 0.5) is 5.69 Å². The van der Waals surface area contributed by atoms with Crippen molar-refractivity contribution in [2.45, 2.75) is 13.5 Å². The maximum Gasteiger partial charge on any atom is 0.123 e. The molecular weight excluding hydrogens is 248 g/mol. The average Bonchev–Trinajstić information content (AvgIpc) is 2.47.